The lowest BCUT2D eigenvalue weighted by Crippen LogP contribution is -2.02. The van der Waals surface area contributed by atoms with Crippen molar-refractivity contribution in [2.45, 2.75) is 0 Å². The van der Waals surface area contributed by atoms with Crippen molar-refractivity contribution in [3.05, 3.63) is 303 Å². The van der Waals surface area contributed by atoms with Gasteiger partial charge in [0.05, 0.1) is 78.3 Å². The normalized spacial score (nSPS) is 11.9. The van der Waals surface area contributed by atoms with Gasteiger partial charge in [-0.2, -0.15) is 0 Å². The maximum atomic E-state index is 5.56. The molecule has 0 amide bonds. The van der Waals surface area contributed by atoms with Crippen LogP contribution in [0.4, 0.5) is 0 Å². The highest BCUT2D eigenvalue weighted by Crippen LogP contribution is 2.41. The SMILES string of the molecule is c1ccc(-n2c3ccccc3c3ccc(-c4cc(-c5cccc(-c6cccc(-c7cc(-c8ccc9c%10ccccc%10n(-c%10ccccc%10)c9c8)cc(-n8c9ccccc9c9ccccc98)n7)n6)n5)nc(-n5c6ccccc6c6ccccc65)c4)cc32)cc1. The van der Waals surface area contributed by atoms with Gasteiger partial charge in [0.15, 0.2) is 0 Å². The van der Waals surface area contributed by atoms with E-state index in [9.17, 15) is 0 Å². The minimum absolute atomic E-state index is 0.719. The molecule has 0 atom stereocenters. The van der Waals surface area contributed by atoms with Crippen LogP contribution in [0.3, 0.4) is 0 Å². The van der Waals surface area contributed by atoms with Crippen molar-refractivity contribution in [3.8, 4) is 79.4 Å². The summed E-state index contributed by atoms with van der Waals surface area (Å²) >= 11 is 0. The monoisotopic (exact) mass is 1120 g/mol. The van der Waals surface area contributed by atoms with Crippen molar-refractivity contribution >= 4 is 87.2 Å². The van der Waals surface area contributed by atoms with E-state index >= 15 is 0 Å². The molecule has 10 aromatic carbocycles. The fourth-order valence-electron chi connectivity index (χ4n) is 13.6. The molecule has 88 heavy (non-hydrogen) atoms. The summed E-state index contributed by atoms with van der Waals surface area (Å²) in [7, 11) is 0. The fraction of sp³-hybridized carbons (Fsp3) is 0. The van der Waals surface area contributed by atoms with Crippen LogP contribution in [-0.2, 0) is 0 Å². The van der Waals surface area contributed by atoms with Gasteiger partial charge in [-0.25, -0.2) is 19.9 Å². The lowest BCUT2D eigenvalue weighted by molar-refractivity contribution is 1.07. The van der Waals surface area contributed by atoms with E-state index in [0.29, 0.717) is 0 Å². The number of hydrogen-bond donors (Lipinski definition) is 0. The van der Waals surface area contributed by atoms with Crippen molar-refractivity contribution in [1.29, 1.82) is 0 Å². The average Bonchev–Trinajstić information content (AvgIpc) is 2.20. The van der Waals surface area contributed by atoms with Crippen LogP contribution >= 0.6 is 0 Å². The zero-order chi connectivity index (χ0) is 57.8. The summed E-state index contributed by atoms with van der Waals surface area (Å²) < 4.78 is 9.33. The Morgan fingerprint density at radius 2 is 0.455 bits per heavy atom. The van der Waals surface area contributed by atoms with Gasteiger partial charge in [-0.15, -0.1) is 0 Å². The number of pyridine rings is 4. The number of nitrogens with zero attached hydrogens (tertiary/aromatic N) is 8. The molecular weight excluding hydrogens is 1070 g/mol. The summed E-state index contributed by atoms with van der Waals surface area (Å²) in [6, 6.07) is 108. The first-order chi connectivity index (χ1) is 43.6. The Morgan fingerprint density at radius 3 is 0.795 bits per heavy atom. The number of rotatable bonds is 9. The first kappa shape index (κ1) is 49.4. The van der Waals surface area contributed by atoms with Gasteiger partial charge in [0.25, 0.3) is 0 Å². The van der Waals surface area contributed by atoms with Crippen molar-refractivity contribution in [1.82, 2.24) is 38.2 Å². The van der Waals surface area contributed by atoms with Crippen LogP contribution in [0.2, 0.25) is 0 Å². The Hall–Kier alpha value is -12.0. The average molecular weight is 1120 g/mol. The lowest BCUT2D eigenvalue weighted by Gasteiger charge is -2.14. The topological polar surface area (TPSA) is 71.3 Å². The number of fused-ring (bicyclic) bond motifs is 12. The summed E-state index contributed by atoms with van der Waals surface area (Å²) in [6.45, 7) is 0. The summed E-state index contributed by atoms with van der Waals surface area (Å²) in [5.74, 6) is 1.60. The van der Waals surface area contributed by atoms with Crippen molar-refractivity contribution in [2.24, 2.45) is 0 Å². The van der Waals surface area contributed by atoms with E-state index in [0.717, 1.165) is 124 Å². The summed E-state index contributed by atoms with van der Waals surface area (Å²) in [5, 5.41) is 9.48. The highest BCUT2D eigenvalue weighted by atomic mass is 15.1. The highest BCUT2D eigenvalue weighted by Gasteiger charge is 2.22. The van der Waals surface area contributed by atoms with Crippen LogP contribution in [0.5, 0.6) is 0 Å². The van der Waals surface area contributed by atoms with E-state index < -0.39 is 0 Å². The largest absolute Gasteiger partial charge is 0.309 e. The van der Waals surface area contributed by atoms with E-state index in [-0.39, 0.29) is 0 Å². The molecule has 8 heterocycles. The molecule has 8 aromatic heterocycles. The molecule has 8 heteroatoms. The van der Waals surface area contributed by atoms with Crippen molar-refractivity contribution < 1.29 is 0 Å². The molecular formula is C80H50N8. The molecule has 0 unspecified atom stereocenters. The predicted molar refractivity (Wildman–Crippen MR) is 362 cm³/mol. The molecule has 0 bridgehead atoms. The number of benzene rings is 10. The zero-order valence-corrected chi connectivity index (χ0v) is 47.4. The van der Waals surface area contributed by atoms with E-state index in [1.54, 1.807) is 0 Å². The van der Waals surface area contributed by atoms with Gasteiger partial charge in [0.1, 0.15) is 11.6 Å². The van der Waals surface area contributed by atoms with Crippen molar-refractivity contribution in [3.63, 3.8) is 0 Å². The molecule has 0 aliphatic rings. The second-order valence-electron chi connectivity index (χ2n) is 22.6. The molecule has 410 valence electrons. The van der Waals surface area contributed by atoms with Gasteiger partial charge in [0, 0.05) is 54.5 Å². The molecule has 0 saturated heterocycles. The molecule has 0 N–H and O–H groups in total. The smallest absolute Gasteiger partial charge is 0.138 e. The van der Waals surface area contributed by atoms with Crippen LogP contribution in [0.1, 0.15) is 0 Å². The van der Waals surface area contributed by atoms with Gasteiger partial charge < -0.3 is 9.13 Å². The zero-order valence-electron chi connectivity index (χ0n) is 47.4. The Morgan fingerprint density at radius 1 is 0.170 bits per heavy atom. The van der Waals surface area contributed by atoms with E-state index in [1.807, 2.05) is 12.1 Å². The maximum Gasteiger partial charge on any atom is 0.138 e. The molecule has 0 aliphatic heterocycles. The molecule has 0 radical (unpaired) electrons. The van der Waals surface area contributed by atoms with Crippen LogP contribution in [-0.4, -0.2) is 38.2 Å². The van der Waals surface area contributed by atoms with Gasteiger partial charge >= 0.3 is 0 Å². The van der Waals surface area contributed by atoms with E-state index in [2.05, 4.69) is 309 Å². The van der Waals surface area contributed by atoms with Gasteiger partial charge in [-0.05, 0) is 144 Å². The Kier molecular flexibility index (Phi) is 11.1. The van der Waals surface area contributed by atoms with Crippen LogP contribution in [0.15, 0.2) is 303 Å². The Labute approximate surface area is 505 Å². The predicted octanol–water partition coefficient (Wildman–Crippen LogP) is 20.0. The summed E-state index contributed by atoms with van der Waals surface area (Å²) in [5.41, 5.74) is 19.7. The molecule has 0 saturated carbocycles. The maximum absolute atomic E-state index is 5.56. The minimum Gasteiger partial charge on any atom is -0.309 e. The number of hydrogen-bond acceptors (Lipinski definition) is 4. The van der Waals surface area contributed by atoms with E-state index in [1.165, 1.54) is 43.1 Å². The molecule has 8 nitrogen and oxygen atoms in total. The van der Waals surface area contributed by atoms with Crippen LogP contribution in [0.25, 0.3) is 167 Å². The van der Waals surface area contributed by atoms with Gasteiger partial charge in [0.2, 0.25) is 0 Å². The quantitative estimate of drug-likeness (QED) is 0.144. The lowest BCUT2D eigenvalue weighted by atomic mass is 10.0. The first-order valence-electron chi connectivity index (χ1n) is 29.8. The standard InChI is InChI=1S/C80H50N8/c1-3-21-55(22-4-1)85-71-35-13-7-29-61(71)63-43-41-51(47-77(63)85)53-45-69(83-79(49-53)87-73-37-15-9-25-57(73)58-26-10-16-38-74(58)87)67-33-19-31-65(81-67)66-32-20-34-68(82-66)70-46-54(50-80(84-70)88-75-39-17-11-27-59(75)60-28-12-18-40-76(60)88)52-42-44-64-62-30-8-14-36-72(62)86(78(64)48-52)56-23-5-2-6-24-56/h1-50H. The Balaban J connectivity index is 0.804. The number of aromatic nitrogens is 8. The number of para-hydroxylation sites is 8. The third kappa shape index (κ3) is 7.86. The van der Waals surface area contributed by atoms with Crippen LogP contribution < -0.4 is 0 Å². The third-order valence-corrected chi connectivity index (χ3v) is 17.6. The Bertz CT molecular complexity index is 5360. The third-order valence-electron chi connectivity index (χ3n) is 17.6. The van der Waals surface area contributed by atoms with Crippen LogP contribution in [0, 0.1) is 0 Å². The highest BCUT2D eigenvalue weighted by molar-refractivity contribution is 6.13. The first-order valence-corrected chi connectivity index (χ1v) is 29.8. The fourth-order valence-corrected chi connectivity index (χ4v) is 13.6. The summed E-state index contributed by atoms with van der Waals surface area (Å²) in [6.07, 6.45) is 0. The second kappa shape index (κ2) is 19.8. The minimum atomic E-state index is 0.719. The van der Waals surface area contributed by atoms with Crippen molar-refractivity contribution in [2.75, 3.05) is 0 Å². The molecule has 0 aliphatic carbocycles. The van der Waals surface area contributed by atoms with Gasteiger partial charge in [-0.1, -0.05) is 182 Å². The molecule has 0 fully saturated rings. The van der Waals surface area contributed by atoms with E-state index in [4.69, 9.17) is 19.9 Å². The summed E-state index contributed by atoms with van der Waals surface area (Å²) in [4.78, 5) is 22.1. The molecule has 18 rings (SSSR count). The van der Waals surface area contributed by atoms with Gasteiger partial charge in [-0.3, -0.25) is 9.13 Å². The molecule has 18 aromatic rings. The molecule has 0 spiro atoms. The second-order valence-corrected chi connectivity index (χ2v) is 22.6.